The minimum absolute atomic E-state index is 0.0627. The van der Waals surface area contributed by atoms with Crippen LogP contribution in [0.5, 0.6) is 0 Å². The van der Waals surface area contributed by atoms with Crippen molar-refractivity contribution < 1.29 is 29.3 Å². The lowest BCUT2D eigenvalue weighted by Crippen LogP contribution is -2.48. The summed E-state index contributed by atoms with van der Waals surface area (Å²) >= 11 is 0. The number of carbonyl (C=O) groups excluding carboxylic acids is 2. The highest BCUT2D eigenvalue weighted by atomic mass is 16.5. The Morgan fingerprint density at radius 1 is 0.941 bits per heavy atom. The second-order valence-corrected chi connectivity index (χ2v) is 8.97. The smallest absolute Gasteiger partial charge is 0.407 e. The first-order valence-corrected chi connectivity index (χ1v) is 11.7. The minimum Gasteiger partial charge on any atom is -0.480 e. The molecule has 4 rings (SSSR count). The summed E-state index contributed by atoms with van der Waals surface area (Å²) < 4.78 is 5.64. The van der Waals surface area contributed by atoms with Crippen LogP contribution in [-0.2, 0) is 14.3 Å². The number of carboxylic acid groups (broad SMARTS) is 1. The standard InChI is InChI=1S/C26H30N2O6/c29-14-23(25(31)32)27-24(30)13-22(16-7-1-2-8-16)28-26(33)34-15-21-19-11-5-3-9-17(19)18-10-4-6-12-20(18)21/h3-6,9-12,16,21-23,29H,1-2,7-8,13-15H2,(H,27,30)(H,28,33)(H,31,32)/t22?,23-/m0/s1. The van der Waals surface area contributed by atoms with E-state index in [4.69, 9.17) is 14.9 Å². The molecule has 4 N–H and O–H groups in total. The molecule has 0 spiro atoms. The molecule has 2 aliphatic rings. The van der Waals surface area contributed by atoms with Crippen LogP contribution in [0.3, 0.4) is 0 Å². The van der Waals surface area contributed by atoms with Gasteiger partial charge in [0, 0.05) is 18.4 Å². The van der Waals surface area contributed by atoms with Gasteiger partial charge in [0.2, 0.25) is 5.91 Å². The molecule has 0 radical (unpaired) electrons. The molecule has 2 aliphatic carbocycles. The second-order valence-electron chi connectivity index (χ2n) is 8.97. The fourth-order valence-corrected chi connectivity index (χ4v) is 5.13. The number of carboxylic acids is 1. The van der Waals surface area contributed by atoms with Gasteiger partial charge >= 0.3 is 12.1 Å². The predicted octanol–water partition coefficient (Wildman–Crippen LogP) is 3.04. The highest BCUT2D eigenvalue weighted by Gasteiger charge is 2.32. The third kappa shape index (κ3) is 5.22. The lowest BCUT2D eigenvalue weighted by atomic mass is 9.95. The Balaban J connectivity index is 1.39. The number of aliphatic hydroxyl groups is 1. The van der Waals surface area contributed by atoms with Crippen molar-refractivity contribution in [3.63, 3.8) is 0 Å². The SMILES string of the molecule is O=C(CC(NC(=O)OCC1c2ccccc2-c2ccccc21)C1CCCC1)N[C@@H](CO)C(=O)O. The molecule has 0 heterocycles. The van der Waals surface area contributed by atoms with E-state index >= 15 is 0 Å². The highest BCUT2D eigenvalue weighted by Crippen LogP contribution is 2.44. The number of carbonyl (C=O) groups is 3. The van der Waals surface area contributed by atoms with Gasteiger partial charge in [-0.25, -0.2) is 9.59 Å². The lowest BCUT2D eigenvalue weighted by molar-refractivity contribution is -0.143. The number of hydrogen-bond acceptors (Lipinski definition) is 5. The minimum atomic E-state index is -1.37. The third-order valence-electron chi connectivity index (χ3n) is 6.84. The zero-order valence-corrected chi connectivity index (χ0v) is 18.9. The van der Waals surface area contributed by atoms with E-state index in [0.717, 1.165) is 47.9 Å². The number of nitrogens with one attached hydrogen (secondary N) is 2. The quantitative estimate of drug-likeness (QED) is 0.450. The van der Waals surface area contributed by atoms with Gasteiger partial charge in [-0.05, 0) is 41.0 Å². The number of hydrogen-bond donors (Lipinski definition) is 4. The molecule has 180 valence electrons. The Morgan fingerprint density at radius 3 is 2.09 bits per heavy atom. The van der Waals surface area contributed by atoms with E-state index in [1.54, 1.807) is 0 Å². The molecule has 1 saturated carbocycles. The van der Waals surface area contributed by atoms with Crippen molar-refractivity contribution in [2.24, 2.45) is 5.92 Å². The Bertz CT molecular complexity index is 1000. The fraction of sp³-hybridized carbons (Fsp3) is 0.423. The van der Waals surface area contributed by atoms with Gasteiger partial charge in [-0.15, -0.1) is 0 Å². The highest BCUT2D eigenvalue weighted by molar-refractivity contribution is 5.84. The fourth-order valence-electron chi connectivity index (χ4n) is 5.13. The van der Waals surface area contributed by atoms with Gasteiger partial charge in [0.05, 0.1) is 6.61 Å². The van der Waals surface area contributed by atoms with Crippen LogP contribution in [-0.4, -0.2) is 53.5 Å². The van der Waals surface area contributed by atoms with Gasteiger partial charge in [0.1, 0.15) is 12.6 Å². The first-order chi connectivity index (χ1) is 16.5. The van der Waals surface area contributed by atoms with Crippen LogP contribution in [0.15, 0.2) is 48.5 Å². The summed E-state index contributed by atoms with van der Waals surface area (Å²) in [4.78, 5) is 36.3. The molecule has 8 nitrogen and oxygen atoms in total. The van der Waals surface area contributed by atoms with Crippen LogP contribution < -0.4 is 10.6 Å². The topological polar surface area (TPSA) is 125 Å². The molecule has 0 bridgehead atoms. The second kappa shape index (κ2) is 10.7. The van der Waals surface area contributed by atoms with Gasteiger partial charge in [0.15, 0.2) is 0 Å². The summed E-state index contributed by atoms with van der Waals surface area (Å²) in [5.74, 6) is -1.79. The molecule has 2 amide bonds. The molecular formula is C26H30N2O6. The molecule has 34 heavy (non-hydrogen) atoms. The molecule has 8 heteroatoms. The molecular weight excluding hydrogens is 436 g/mol. The first-order valence-electron chi connectivity index (χ1n) is 11.7. The van der Waals surface area contributed by atoms with Gasteiger partial charge in [-0.1, -0.05) is 61.4 Å². The maximum atomic E-state index is 12.8. The van der Waals surface area contributed by atoms with Crippen molar-refractivity contribution in [1.82, 2.24) is 10.6 Å². The number of ether oxygens (including phenoxy) is 1. The van der Waals surface area contributed by atoms with Crippen molar-refractivity contribution in [1.29, 1.82) is 0 Å². The molecule has 0 saturated heterocycles. The Labute approximate surface area is 198 Å². The predicted molar refractivity (Wildman–Crippen MR) is 125 cm³/mol. The van der Waals surface area contributed by atoms with Gasteiger partial charge in [0.25, 0.3) is 0 Å². The molecule has 2 aromatic rings. The van der Waals surface area contributed by atoms with E-state index in [1.165, 1.54) is 0 Å². The number of fused-ring (bicyclic) bond motifs is 3. The largest absolute Gasteiger partial charge is 0.480 e. The first kappa shape index (κ1) is 23.8. The van der Waals surface area contributed by atoms with E-state index in [-0.39, 0.29) is 24.9 Å². The van der Waals surface area contributed by atoms with Crippen LogP contribution in [0.4, 0.5) is 4.79 Å². The van der Waals surface area contributed by atoms with E-state index < -0.39 is 36.7 Å². The Kier molecular flexibility index (Phi) is 7.47. The molecule has 2 atom stereocenters. The van der Waals surface area contributed by atoms with E-state index in [1.807, 2.05) is 36.4 Å². The number of benzene rings is 2. The average Bonchev–Trinajstić information content (AvgIpc) is 3.47. The van der Waals surface area contributed by atoms with Crippen molar-refractivity contribution >= 4 is 18.0 Å². The summed E-state index contributed by atoms with van der Waals surface area (Å²) in [5.41, 5.74) is 4.52. The van der Waals surface area contributed by atoms with E-state index in [2.05, 4.69) is 22.8 Å². The number of aliphatic hydroxyl groups excluding tert-OH is 1. The molecule has 1 fully saturated rings. The van der Waals surface area contributed by atoms with Crippen molar-refractivity contribution in [2.75, 3.05) is 13.2 Å². The zero-order chi connectivity index (χ0) is 24.1. The van der Waals surface area contributed by atoms with Crippen LogP contribution in [0, 0.1) is 5.92 Å². The third-order valence-corrected chi connectivity index (χ3v) is 6.84. The Morgan fingerprint density at radius 2 is 1.53 bits per heavy atom. The van der Waals surface area contributed by atoms with Gasteiger partial charge < -0.3 is 25.6 Å². The van der Waals surface area contributed by atoms with Crippen LogP contribution >= 0.6 is 0 Å². The summed E-state index contributed by atoms with van der Waals surface area (Å²) in [5, 5.41) is 23.4. The van der Waals surface area contributed by atoms with E-state index in [9.17, 15) is 14.4 Å². The number of amides is 2. The maximum absolute atomic E-state index is 12.8. The normalized spacial score (nSPS) is 16.9. The summed E-state index contributed by atoms with van der Waals surface area (Å²) in [7, 11) is 0. The van der Waals surface area contributed by atoms with Crippen molar-refractivity contribution in [3.8, 4) is 11.1 Å². The summed E-state index contributed by atoms with van der Waals surface area (Å²) in [6.45, 7) is -0.524. The number of alkyl carbamates (subject to hydrolysis) is 1. The maximum Gasteiger partial charge on any atom is 0.407 e. The Hall–Kier alpha value is -3.39. The summed E-state index contributed by atoms with van der Waals surface area (Å²) in [6.07, 6.45) is 3.13. The summed E-state index contributed by atoms with van der Waals surface area (Å²) in [6, 6.07) is 14.3. The van der Waals surface area contributed by atoms with Crippen LogP contribution in [0.2, 0.25) is 0 Å². The lowest BCUT2D eigenvalue weighted by Gasteiger charge is -2.25. The average molecular weight is 467 g/mol. The zero-order valence-electron chi connectivity index (χ0n) is 18.9. The van der Waals surface area contributed by atoms with Gasteiger partial charge in [-0.2, -0.15) is 0 Å². The monoisotopic (exact) mass is 466 g/mol. The molecule has 1 unspecified atom stereocenters. The number of aliphatic carboxylic acids is 1. The van der Waals surface area contributed by atoms with Crippen molar-refractivity contribution in [2.45, 2.75) is 50.1 Å². The number of rotatable bonds is 9. The van der Waals surface area contributed by atoms with Crippen LogP contribution in [0.25, 0.3) is 11.1 Å². The molecule has 0 aromatic heterocycles. The van der Waals surface area contributed by atoms with Crippen LogP contribution in [0.1, 0.15) is 49.1 Å². The molecule has 2 aromatic carbocycles. The van der Waals surface area contributed by atoms with Gasteiger partial charge in [-0.3, -0.25) is 4.79 Å². The van der Waals surface area contributed by atoms with Crippen molar-refractivity contribution in [3.05, 3.63) is 59.7 Å². The molecule has 0 aliphatic heterocycles. The van der Waals surface area contributed by atoms with E-state index in [0.29, 0.717) is 0 Å².